The van der Waals surface area contributed by atoms with E-state index in [1.807, 2.05) is 0 Å². The number of furan rings is 1. The van der Waals surface area contributed by atoms with Gasteiger partial charge < -0.3 is 14.8 Å². The van der Waals surface area contributed by atoms with Crippen molar-refractivity contribution in [2.45, 2.75) is 38.3 Å². The van der Waals surface area contributed by atoms with E-state index in [4.69, 9.17) is 9.52 Å². The molecule has 3 rings (SSSR count). The highest BCUT2D eigenvalue weighted by atomic mass is 32.1. The van der Waals surface area contributed by atoms with E-state index in [0.717, 1.165) is 0 Å². The maximum Gasteiger partial charge on any atom is 0.338 e. The van der Waals surface area contributed by atoms with Crippen molar-refractivity contribution in [1.29, 1.82) is 0 Å². The van der Waals surface area contributed by atoms with Crippen LogP contribution in [0, 0.1) is 5.92 Å². The van der Waals surface area contributed by atoms with E-state index in [-0.39, 0.29) is 5.56 Å². The number of carboxylic acid groups (broad SMARTS) is 1. The number of rotatable bonds is 6. The summed E-state index contributed by atoms with van der Waals surface area (Å²) in [6, 6.07) is 6.19. The molecular formula is C16H19NO3S. The molecule has 0 radical (unpaired) electrons. The summed E-state index contributed by atoms with van der Waals surface area (Å²) in [5.74, 6) is 0.389. The van der Waals surface area contributed by atoms with Crippen LogP contribution in [0.15, 0.2) is 34.3 Å². The average Bonchev–Trinajstić information content (AvgIpc) is 3.22. The summed E-state index contributed by atoms with van der Waals surface area (Å²) < 4.78 is 5.32. The minimum atomic E-state index is -0.949. The zero-order valence-electron chi connectivity index (χ0n) is 11.7. The Morgan fingerprint density at radius 3 is 2.90 bits per heavy atom. The molecule has 2 N–H and O–H groups in total. The van der Waals surface area contributed by atoms with Crippen LogP contribution >= 0.6 is 11.3 Å². The second kappa shape index (κ2) is 6.45. The standard InChI is InChI=1S/C16H19NO3S/c18-16(19)12-8-13(20-10-12)9-17-15(11-4-1-2-5-11)14-6-3-7-21-14/h3,6-8,10-11,15,17H,1-2,4-5,9H2,(H,18,19). The Balaban J connectivity index is 1.68. The predicted molar refractivity (Wildman–Crippen MR) is 81.5 cm³/mol. The van der Waals surface area contributed by atoms with Crippen molar-refractivity contribution >= 4 is 17.3 Å². The molecule has 0 aliphatic heterocycles. The van der Waals surface area contributed by atoms with Crippen molar-refractivity contribution in [2.75, 3.05) is 0 Å². The first-order chi connectivity index (χ1) is 10.2. The quantitative estimate of drug-likeness (QED) is 0.845. The van der Waals surface area contributed by atoms with E-state index in [0.29, 0.717) is 24.3 Å². The lowest BCUT2D eigenvalue weighted by Crippen LogP contribution is -2.26. The van der Waals surface area contributed by atoms with Gasteiger partial charge in [-0.1, -0.05) is 18.9 Å². The molecule has 1 atom stereocenters. The van der Waals surface area contributed by atoms with Gasteiger partial charge in [-0.15, -0.1) is 11.3 Å². The smallest absolute Gasteiger partial charge is 0.338 e. The van der Waals surface area contributed by atoms with Gasteiger partial charge in [-0.25, -0.2) is 4.79 Å². The monoisotopic (exact) mass is 305 g/mol. The van der Waals surface area contributed by atoms with Gasteiger partial charge in [0.2, 0.25) is 0 Å². The van der Waals surface area contributed by atoms with E-state index in [2.05, 4.69) is 22.8 Å². The molecule has 1 saturated carbocycles. The van der Waals surface area contributed by atoms with E-state index in [1.54, 1.807) is 17.4 Å². The maximum atomic E-state index is 10.9. The van der Waals surface area contributed by atoms with Gasteiger partial charge in [-0.3, -0.25) is 0 Å². The molecule has 112 valence electrons. The van der Waals surface area contributed by atoms with Gasteiger partial charge in [0.15, 0.2) is 0 Å². The first kappa shape index (κ1) is 14.4. The summed E-state index contributed by atoms with van der Waals surface area (Å²) in [7, 11) is 0. The lowest BCUT2D eigenvalue weighted by Gasteiger charge is -2.23. The van der Waals surface area contributed by atoms with Crippen LogP contribution in [0.25, 0.3) is 0 Å². The minimum absolute atomic E-state index is 0.209. The van der Waals surface area contributed by atoms with Gasteiger partial charge in [-0.2, -0.15) is 0 Å². The molecule has 2 heterocycles. The molecule has 1 aliphatic rings. The Bertz CT molecular complexity index is 584. The van der Waals surface area contributed by atoms with Gasteiger partial charge in [-0.05, 0) is 36.3 Å². The number of hydrogen-bond acceptors (Lipinski definition) is 4. The topological polar surface area (TPSA) is 62.5 Å². The molecule has 0 saturated heterocycles. The predicted octanol–water partition coefficient (Wildman–Crippen LogP) is 4.06. The summed E-state index contributed by atoms with van der Waals surface area (Å²) in [5, 5.41) is 14.6. The van der Waals surface area contributed by atoms with Crippen molar-refractivity contribution in [1.82, 2.24) is 5.32 Å². The molecule has 1 aliphatic carbocycles. The van der Waals surface area contributed by atoms with E-state index >= 15 is 0 Å². The Kier molecular flexibility index (Phi) is 4.41. The SMILES string of the molecule is O=C(O)c1coc(CNC(c2cccs2)C2CCCC2)c1. The summed E-state index contributed by atoms with van der Waals surface area (Å²) in [5.41, 5.74) is 0.209. The number of hydrogen-bond donors (Lipinski definition) is 2. The molecular weight excluding hydrogens is 286 g/mol. The zero-order chi connectivity index (χ0) is 14.7. The molecule has 1 unspecified atom stereocenters. The second-order valence-corrected chi connectivity index (χ2v) is 6.50. The Labute approximate surface area is 127 Å². The van der Waals surface area contributed by atoms with Gasteiger partial charge >= 0.3 is 5.97 Å². The molecule has 0 spiro atoms. The van der Waals surface area contributed by atoms with E-state index in [9.17, 15) is 4.79 Å². The minimum Gasteiger partial charge on any atom is -0.478 e. The van der Waals surface area contributed by atoms with Gasteiger partial charge in [0, 0.05) is 10.9 Å². The molecule has 0 aromatic carbocycles. The third-order valence-electron chi connectivity index (χ3n) is 4.12. The number of nitrogens with one attached hydrogen (secondary N) is 1. The van der Waals surface area contributed by atoms with Gasteiger partial charge in [0.05, 0.1) is 12.1 Å². The fourth-order valence-corrected chi connectivity index (χ4v) is 3.95. The average molecular weight is 305 g/mol. The van der Waals surface area contributed by atoms with Crippen LogP contribution in [0.1, 0.15) is 52.7 Å². The fraction of sp³-hybridized carbons (Fsp3) is 0.438. The lowest BCUT2D eigenvalue weighted by atomic mass is 9.96. The number of aromatic carboxylic acids is 1. The number of carboxylic acids is 1. The Morgan fingerprint density at radius 1 is 1.48 bits per heavy atom. The summed E-state index contributed by atoms with van der Waals surface area (Å²) in [6.45, 7) is 0.562. The van der Waals surface area contributed by atoms with Crippen LogP contribution in [-0.4, -0.2) is 11.1 Å². The molecule has 2 aromatic heterocycles. The van der Waals surface area contributed by atoms with Crippen LogP contribution in [0.3, 0.4) is 0 Å². The van der Waals surface area contributed by atoms with Crippen molar-refractivity contribution < 1.29 is 14.3 Å². The van der Waals surface area contributed by atoms with Crippen LogP contribution in [-0.2, 0) is 6.54 Å². The molecule has 21 heavy (non-hydrogen) atoms. The molecule has 0 amide bonds. The molecule has 2 aromatic rings. The van der Waals surface area contributed by atoms with Crippen molar-refractivity contribution in [2.24, 2.45) is 5.92 Å². The number of carbonyl (C=O) groups is 1. The van der Waals surface area contributed by atoms with Crippen molar-refractivity contribution in [3.63, 3.8) is 0 Å². The van der Waals surface area contributed by atoms with Crippen LogP contribution < -0.4 is 5.32 Å². The summed E-state index contributed by atoms with van der Waals surface area (Å²) in [6.07, 6.45) is 6.42. The van der Waals surface area contributed by atoms with E-state index < -0.39 is 5.97 Å². The fourth-order valence-electron chi connectivity index (χ4n) is 3.05. The van der Waals surface area contributed by atoms with Crippen LogP contribution in [0.2, 0.25) is 0 Å². The molecule has 5 heteroatoms. The van der Waals surface area contributed by atoms with Crippen molar-refractivity contribution in [3.05, 3.63) is 46.0 Å². The largest absolute Gasteiger partial charge is 0.478 e. The van der Waals surface area contributed by atoms with Crippen LogP contribution in [0.5, 0.6) is 0 Å². The highest BCUT2D eigenvalue weighted by molar-refractivity contribution is 7.10. The Morgan fingerprint density at radius 2 is 2.29 bits per heavy atom. The first-order valence-electron chi connectivity index (χ1n) is 7.31. The highest BCUT2D eigenvalue weighted by Gasteiger charge is 2.26. The third-order valence-corrected chi connectivity index (χ3v) is 5.07. The molecule has 0 bridgehead atoms. The second-order valence-electron chi connectivity index (χ2n) is 5.53. The van der Waals surface area contributed by atoms with Gasteiger partial charge in [0.1, 0.15) is 12.0 Å². The maximum absolute atomic E-state index is 10.9. The Hall–Kier alpha value is -1.59. The van der Waals surface area contributed by atoms with Gasteiger partial charge in [0.25, 0.3) is 0 Å². The zero-order valence-corrected chi connectivity index (χ0v) is 12.6. The normalized spacial score (nSPS) is 17.1. The molecule has 4 nitrogen and oxygen atoms in total. The van der Waals surface area contributed by atoms with Crippen LogP contribution in [0.4, 0.5) is 0 Å². The number of thiophene rings is 1. The summed E-state index contributed by atoms with van der Waals surface area (Å²) in [4.78, 5) is 12.2. The molecule has 1 fully saturated rings. The van der Waals surface area contributed by atoms with Crippen molar-refractivity contribution in [3.8, 4) is 0 Å². The van der Waals surface area contributed by atoms with E-state index in [1.165, 1.54) is 36.8 Å². The summed E-state index contributed by atoms with van der Waals surface area (Å²) >= 11 is 1.78. The lowest BCUT2D eigenvalue weighted by molar-refractivity contribution is 0.0696. The highest BCUT2D eigenvalue weighted by Crippen LogP contribution is 2.37. The third kappa shape index (κ3) is 3.36. The first-order valence-corrected chi connectivity index (χ1v) is 8.19.